The van der Waals surface area contributed by atoms with Crippen LogP contribution >= 0.6 is 0 Å². The number of benzene rings is 2. The predicted molar refractivity (Wildman–Crippen MR) is 90.9 cm³/mol. The summed E-state index contributed by atoms with van der Waals surface area (Å²) in [5, 5.41) is 3.35. The van der Waals surface area contributed by atoms with Crippen LogP contribution in [0.15, 0.2) is 48.5 Å². The van der Waals surface area contributed by atoms with Crippen LogP contribution < -0.4 is 14.8 Å². The Kier molecular flexibility index (Phi) is 6.70. The van der Waals surface area contributed by atoms with Gasteiger partial charge in [-0.1, -0.05) is 24.3 Å². The lowest BCUT2D eigenvalue weighted by Crippen LogP contribution is -2.20. The fraction of sp³-hybridized carbons (Fsp3) is 0.368. The molecule has 0 saturated carbocycles. The van der Waals surface area contributed by atoms with E-state index in [1.807, 2.05) is 44.2 Å². The average molecular weight is 353 g/mol. The van der Waals surface area contributed by atoms with E-state index in [2.05, 4.69) is 5.32 Å². The van der Waals surface area contributed by atoms with Gasteiger partial charge in [0.05, 0.1) is 6.61 Å². The van der Waals surface area contributed by atoms with E-state index in [1.54, 1.807) is 12.1 Å². The van der Waals surface area contributed by atoms with Crippen molar-refractivity contribution in [2.45, 2.75) is 32.6 Å². The topological polar surface area (TPSA) is 30.5 Å². The maximum absolute atomic E-state index is 12.2. The highest BCUT2D eigenvalue weighted by molar-refractivity contribution is 5.30. The number of rotatable bonds is 8. The molecular weight excluding hydrogens is 331 g/mol. The molecule has 2 aromatic rings. The molecule has 0 fully saturated rings. The molecule has 0 aromatic heterocycles. The number of nitrogens with one attached hydrogen (secondary N) is 1. The maximum atomic E-state index is 12.2. The van der Waals surface area contributed by atoms with E-state index in [-0.39, 0.29) is 11.8 Å². The van der Waals surface area contributed by atoms with Crippen LogP contribution in [0.4, 0.5) is 13.2 Å². The minimum Gasteiger partial charge on any atom is -0.494 e. The maximum Gasteiger partial charge on any atom is 0.422 e. The predicted octanol–water partition coefficient (Wildman–Crippen LogP) is 4.88. The standard InChI is InChI=1S/C19H22F3NO2/c1-3-24-17-9-7-16(8-10-17)14(2)23-12-15-5-4-6-18(11-15)25-13-19(20,21)22/h4-11,14,23H,3,12-13H2,1-2H3. The zero-order valence-electron chi connectivity index (χ0n) is 14.3. The molecule has 1 atom stereocenters. The first kappa shape index (κ1) is 19.1. The van der Waals surface area contributed by atoms with Crippen LogP contribution in [0.25, 0.3) is 0 Å². The van der Waals surface area contributed by atoms with Crippen molar-refractivity contribution in [3.05, 3.63) is 59.7 Å². The summed E-state index contributed by atoms with van der Waals surface area (Å²) < 4.78 is 46.8. The second kappa shape index (κ2) is 8.76. The molecule has 0 spiro atoms. The van der Waals surface area contributed by atoms with Gasteiger partial charge in [-0.15, -0.1) is 0 Å². The van der Waals surface area contributed by atoms with Crippen LogP contribution in [-0.4, -0.2) is 19.4 Å². The molecule has 6 heteroatoms. The molecule has 0 heterocycles. The molecule has 0 aliphatic heterocycles. The number of alkyl halides is 3. The summed E-state index contributed by atoms with van der Waals surface area (Å²) >= 11 is 0. The minimum absolute atomic E-state index is 0.0930. The fourth-order valence-electron chi connectivity index (χ4n) is 2.32. The Morgan fingerprint density at radius 3 is 2.36 bits per heavy atom. The normalized spacial score (nSPS) is 12.7. The largest absolute Gasteiger partial charge is 0.494 e. The summed E-state index contributed by atoms with van der Waals surface area (Å²) in [6, 6.07) is 14.6. The Labute approximate surface area is 145 Å². The third-order valence-corrected chi connectivity index (χ3v) is 3.60. The lowest BCUT2D eigenvalue weighted by molar-refractivity contribution is -0.153. The van der Waals surface area contributed by atoms with Crippen LogP contribution in [-0.2, 0) is 6.54 Å². The second-order valence-electron chi connectivity index (χ2n) is 5.66. The molecule has 0 radical (unpaired) electrons. The fourth-order valence-corrected chi connectivity index (χ4v) is 2.32. The first-order valence-corrected chi connectivity index (χ1v) is 8.12. The smallest absolute Gasteiger partial charge is 0.422 e. The Hall–Kier alpha value is -2.21. The summed E-state index contributed by atoms with van der Waals surface area (Å²) in [5.74, 6) is 1.04. The molecule has 136 valence electrons. The van der Waals surface area contributed by atoms with Gasteiger partial charge < -0.3 is 14.8 Å². The van der Waals surface area contributed by atoms with Crippen LogP contribution in [0.1, 0.15) is 31.0 Å². The van der Waals surface area contributed by atoms with E-state index in [0.717, 1.165) is 16.9 Å². The molecule has 0 aliphatic carbocycles. The summed E-state index contributed by atoms with van der Waals surface area (Å²) in [7, 11) is 0. The lowest BCUT2D eigenvalue weighted by Gasteiger charge is -2.16. The number of halogens is 3. The van der Waals surface area contributed by atoms with Gasteiger partial charge in [0.25, 0.3) is 0 Å². The average Bonchev–Trinajstić information content (AvgIpc) is 2.59. The molecule has 1 unspecified atom stereocenters. The Morgan fingerprint density at radius 2 is 1.72 bits per heavy atom. The van der Waals surface area contributed by atoms with Crippen molar-refractivity contribution >= 4 is 0 Å². The SMILES string of the molecule is CCOc1ccc(C(C)NCc2cccc(OCC(F)(F)F)c2)cc1. The van der Waals surface area contributed by atoms with Crippen molar-refractivity contribution in [3.8, 4) is 11.5 Å². The van der Waals surface area contributed by atoms with Crippen LogP contribution in [0.2, 0.25) is 0 Å². The van der Waals surface area contributed by atoms with Crippen LogP contribution in [0.3, 0.4) is 0 Å². The number of hydrogen-bond acceptors (Lipinski definition) is 3. The lowest BCUT2D eigenvalue weighted by atomic mass is 10.1. The van der Waals surface area contributed by atoms with Gasteiger partial charge >= 0.3 is 6.18 Å². The van der Waals surface area contributed by atoms with Crippen LogP contribution in [0.5, 0.6) is 11.5 Å². The van der Waals surface area contributed by atoms with E-state index in [1.165, 1.54) is 6.07 Å². The Bertz CT molecular complexity index is 656. The molecular formula is C19H22F3NO2. The number of hydrogen-bond donors (Lipinski definition) is 1. The molecule has 2 rings (SSSR count). The summed E-state index contributed by atoms with van der Waals surface area (Å²) in [6.07, 6.45) is -4.34. The molecule has 0 bridgehead atoms. The zero-order valence-corrected chi connectivity index (χ0v) is 14.3. The molecule has 0 saturated heterocycles. The third kappa shape index (κ3) is 6.66. The van der Waals surface area contributed by atoms with E-state index >= 15 is 0 Å². The van der Waals surface area contributed by atoms with E-state index in [9.17, 15) is 13.2 Å². The first-order valence-electron chi connectivity index (χ1n) is 8.12. The van der Waals surface area contributed by atoms with Crippen molar-refractivity contribution in [1.82, 2.24) is 5.32 Å². The van der Waals surface area contributed by atoms with Gasteiger partial charge in [0.2, 0.25) is 0 Å². The van der Waals surface area contributed by atoms with Crippen molar-refractivity contribution in [1.29, 1.82) is 0 Å². The van der Waals surface area contributed by atoms with Gasteiger partial charge in [-0.2, -0.15) is 13.2 Å². The second-order valence-corrected chi connectivity index (χ2v) is 5.66. The van der Waals surface area contributed by atoms with Crippen molar-refractivity contribution < 1.29 is 22.6 Å². The first-order chi connectivity index (χ1) is 11.9. The number of ether oxygens (including phenoxy) is 2. The zero-order chi connectivity index (χ0) is 18.3. The highest BCUT2D eigenvalue weighted by Gasteiger charge is 2.28. The van der Waals surface area contributed by atoms with Gasteiger partial charge in [0, 0.05) is 12.6 Å². The summed E-state index contributed by atoms with van der Waals surface area (Å²) in [5.41, 5.74) is 1.96. The summed E-state index contributed by atoms with van der Waals surface area (Å²) in [6.45, 7) is 3.83. The molecule has 2 aromatic carbocycles. The highest BCUT2D eigenvalue weighted by Crippen LogP contribution is 2.21. The molecule has 25 heavy (non-hydrogen) atoms. The van der Waals surface area contributed by atoms with Gasteiger partial charge in [0.15, 0.2) is 6.61 Å². The Balaban J connectivity index is 1.89. The van der Waals surface area contributed by atoms with Crippen molar-refractivity contribution in [2.75, 3.05) is 13.2 Å². The Morgan fingerprint density at radius 1 is 1.00 bits per heavy atom. The summed E-state index contributed by atoms with van der Waals surface area (Å²) in [4.78, 5) is 0. The van der Waals surface area contributed by atoms with Gasteiger partial charge in [-0.05, 0) is 49.2 Å². The van der Waals surface area contributed by atoms with Gasteiger partial charge in [-0.25, -0.2) is 0 Å². The van der Waals surface area contributed by atoms with Gasteiger partial charge in [0.1, 0.15) is 11.5 Å². The molecule has 1 N–H and O–H groups in total. The van der Waals surface area contributed by atoms with Gasteiger partial charge in [-0.3, -0.25) is 0 Å². The third-order valence-electron chi connectivity index (χ3n) is 3.60. The minimum atomic E-state index is -4.34. The van der Waals surface area contributed by atoms with Crippen molar-refractivity contribution in [2.24, 2.45) is 0 Å². The molecule has 0 amide bonds. The van der Waals surface area contributed by atoms with E-state index in [0.29, 0.717) is 13.2 Å². The molecule has 0 aliphatic rings. The van der Waals surface area contributed by atoms with Crippen molar-refractivity contribution in [3.63, 3.8) is 0 Å². The monoisotopic (exact) mass is 353 g/mol. The highest BCUT2D eigenvalue weighted by atomic mass is 19.4. The van der Waals surface area contributed by atoms with E-state index < -0.39 is 12.8 Å². The quantitative estimate of drug-likeness (QED) is 0.734. The van der Waals surface area contributed by atoms with E-state index in [4.69, 9.17) is 9.47 Å². The molecule has 3 nitrogen and oxygen atoms in total. The van der Waals surface area contributed by atoms with Crippen LogP contribution in [0, 0.1) is 0 Å².